The van der Waals surface area contributed by atoms with E-state index in [0.29, 0.717) is 0 Å². The quantitative estimate of drug-likeness (QED) is 0.181. The van der Waals surface area contributed by atoms with E-state index in [0.717, 1.165) is 0 Å². The Hall–Kier alpha value is 0.910. The van der Waals surface area contributed by atoms with Crippen molar-refractivity contribution in [3.05, 3.63) is 0 Å². The summed E-state index contributed by atoms with van der Waals surface area (Å²) >= 11 is 4.48. The molecule has 0 aromatic heterocycles. The molecule has 0 amide bonds. The molecule has 136 valence electrons. The molecule has 0 rings (SSSR count). The molecule has 0 aliphatic carbocycles. The van der Waals surface area contributed by atoms with Crippen LogP contribution in [0, 0.1) is 0 Å². The fraction of sp³-hybridized carbons (Fsp3) is 1.00. The molecule has 2 heteroatoms. The summed E-state index contributed by atoms with van der Waals surface area (Å²) < 4.78 is 0. The van der Waals surface area contributed by atoms with Crippen LogP contribution in [-0.4, -0.2) is 24.6 Å². The van der Waals surface area contributed by atoms with Crippen LogP contribution >= 0.6 is 20.8 Å². The molecule has 0 aliphatic rings. The Kier molecular flexibility index (Phi) is 13.8. The van der Waals surface area contributed by atoms with Crippen LogP contribution in [0.15, 0.2) is 0 Å². The Balaban J connectivity index is 4.50. The Morgan fingerprint density at radius 2 is 0.818 bits per heavy atom. The van der Waals surface area contributed by atoms with E-state index in [2.05, 4.69) is 43.2 Å². The van der Waals surface area contributed by atoms with Crippen LogP contribution in [0.25, 0.3) is 0 Å². The molecular formula is C20H44BrP. The SMILES string of the molecule is CCCCCCCP(Br)(CCC)(CCC)CCCCCCC. The maximum atomic E-state index is 4.48. The molecule has 0 aromatic rings. The van der Waals surface area contributed by atoms with Crippen molar-refractivity contribution in [1.82, 2.24) is 0 Å². The topological polar surface area (TPSA) is 0 Å². The molecule has 0 nitrogen and oxygen atoms in total. The molecule has 0 heterocycles. The van der Waals surface area contributed by atoms with Crippen molar-refractivity contribution >= 4 is 20.8 Å². The summed E-state index contributed by atoms with van der Waals surface area (Å²) in [5, 5.41) is -1.59. The molecule has 0 fully saturated rings. The zero-order valence-electron chi connectivity index (χ0n) is 16.1. The van der Waals surface area contributed by atoms with Gasteiger partial charge in [0.25, 0.3) is 0 Å². The van der Waals surface area contributed by atoms with E-state index < -0.39 is 5.31 Å². The third-order valence-electron chi connectivity index (χ3n) is 5.21. The first kappa shape index (κ1) is 22.9. The van der Waals surface area contributed by atoms with Crippen molar-refractivity contribution < 1.29 is 0 Å². The number of rotatable bonds is 16. The van der Waals surface area contributed by atoms with Gasteiger partial charge in [0.05, 0.1) is 0 Å². The Labute approximate surface area is 150 Å². The van der Waals surface area contributed by atoms with Gasteiger partial charge in [-0.15, -0.1) is 0 Å². The zero-order chi connectivity index (χ0) is 16.8. The van der Waals surface area contributed by atoms with Crippen LogP contribution in [0.4, 0.5) is 0 Å². The van der Waals surface area contributed by atoms with E-state index >= 15 is 0 Å². The average molecular weight is 395 g/mol. The molecule has 0 bridgehead atoms. The fourth-order valence-corrected chi connectivity index (χ4v) is 13.2. The van der Waals surface area contributed by atoms with E-state index in [4.69, 9.17) is 0 Å². The van der Waals surface area contributed by atoms with Gasteiger partial charge in [0, 0.05) is 0 Å². The summed E-state index contributed by atoms with van der Waals surface area (Å²) in [4.78, 5) is 0. The number of hydrogen-bond donors (Lipinski definition) is 0. The number of hydrogen-bond acceptors (Lipinski definition) is 0. The zero-order valence-corrected chi connectivity index (χ0v) is 18.6. The second kappa shape index (κ2) is 13.2. The summed E-state index contributed by atoms with van der Waals surface area (Å²) in [5.74, 6) is 0. The van der Waals surface area contributed by atoms with E-state index in [1.165, 1.54) is 102 Å². The maximum absolute atomic E-state index is 4.48. The molecule has 0 radical (unpaired) electrons. The van der Waals surface area contributed by atoms with Crippen molar-refractivity contribution in [3.63, 3.8) is 0 Å². The summed E-state index contributed by atoms with van der Waals surface area (Å²) in [6.07, 6.45) is 23.1. The van der Waals surface area contributed by atoms with Crippen LogP contribution in [0.2, 0.25) is 0 Å². The van der Waals surface area contributed by atoms with Gasteiger partial charge in [-0.2, -0.15) is 0 Å². The molecule has 0 aromatic carbocycles. The summed E-state index contributed by atoms with van der Waals surface area (Å²) in [7, 11) is 0. The molecular weight excluding hydrogens is 351 g/mol. The van der Waals surface area contributed by atoms with Crippen LogP contribution in [0.5, 0.6) is 0 Å². The van der Waals surface area contributed by atoms with E-state index in [1.807, 2.05) is 0 Å². The van der Waals surface area contributed by atoms with Crippen LogP contribution in [0.3, 0.4) is 0 Å². The van der Waals surface area contributed by atoms with Gasteiger partial charge >= 0.3 is 150 Å². The normalized spacial score (nSPS) is 14.0. The number of halogens is 1. The third-order valence-corrected chi connectivity index (χ3v) is 15.5. The Bertz CT molecular complexity index is 228. The Morgan fingerprint density at radius 3 is 1.14 bits per heavy atom. The first-order valence-corrected chi connectivity index (χ1v) is 15.3. The van der Waals surface area contributed by atoms with Gasteiger partial charge in [-0.25, -0.2) is 0 Å². The fourth-order valence-electron chi connectivity index (χ4n) is 4.01. The minimum atomic E-state index is -1.59. The van der Waals surface area contributed by atoms with Gasteiger partial charge in [0.2, 0.25) is 0 Å². The summed E-state index contributed by atoms with van der Waals surface area (Å²) in [6, 6.07) is 0. The molecule has 22 heavy (non-hydrogen) atoms. The van der Waals surface area contributed by atoms with Gasteiger partial charge in [0.1, 0.15) is 0 Å². The Morgan fingerprint density at radius 1 is 0.455 bits per heavy atom. The van der Waals surface area contributed by atoms with Crippen molar-refractivity contribution in [2.45, 2.75) is 105 Å². The molecule has 0 aliphatic heterocycles. The van der Waals surface area contributed by atoms with Crippen molar-refractivity contribution in [3.8, 4) is 0 Å². The molecule has 0 atom stereocenters. The first-order chi connectivity index (χ1) is 10.5. The number of unbranched alkanes of at least 4 members (excludes halogenated alkanes) is 8. The second-order valence-electron chi connectivity index (χ2n) is 7.54. The van der Waals surface area contributed by atoms with Gasteiger partial charge in [-0.3, -0.25) is 0 Å². The third kappa shape index (κ3) is 9.92. The van der Waals surface area contributed by atoms with E-state index in [-0.39, 0.29) is 0 Å². The minimum absolute atomic E-state index is 1.36. The molecule has 0 saturated heterocycles. The molecule has 0 spiro atoms. The van der Waals surface area contributed by atoms with Crippen LogP contribution < -0.4 is 0 Å². The van der Waals surface area contributed by atoms with Gasteiger partial charge < -0.3 is 0 Å². The van der Waals surface area contributed by atoms with Gasteiger partial charge in [0.15, 0.2) is 0 Å². The van der Waals surface area contributed by atoms with E-state index in [1.54, 1.807) is 0 Å². The molecule has 0 saturated carbocycles. The first-order valence-electron chi connectivity index (χ1n) is 10.3. The summed E-state index contributed by atoms with van der Waals surface area (Å²) in [6.45, 7) is 9.42. The monoisotopic (exact) mass is 394 g/mol. The summed E-state index contributed by atoms with van der Waals surface area (Å²) in [5.41, 5.74) is 0. The van der Waals surface area contributed by atoms with Gasteiger partial charge in [-0.1, -0.05) is 0 Å². The standard InChI is InChI=1S/C20H44BrP/c1-5-9-11-13-15-19-22(21,17-7-3,18-8-4)20-16-14-12-10-6-2/h5-20H2,1-4H3. The van der Waals surface area contributed by atoms with E-state index in [9.17, 15) is 0 Å². The van der Waals surface area contributed by atoms with Crippen molar-refractivity contribution in [1.29, 1.82) is 0 Å². The van der Waals surface area contributed by atoms with Gasteiger partial charge in [-0.05, 0) is 0 Å². The van der Waals surface area contributed by atoms with Crippen molar-refractivity contribution in [2.75, 3.05) is 24.6 Å². The van der Waals surface area contributed by atoms with Crippen molar-refractivity contribution in [2.24, 2.45) is 0 Å². The van der Waals surface area contributed by atoms with Crippen LogP contribution in [-0.2, 0) is 0 Å². The predicted molar refractivity (Wildman–Crippen MR) is 113 cm³/mol. The predicted octanol–water partition coefficient (Wildman–Crippen LogP) is 8.61. The van der Waals surface area contributed by atoms with Crippen LogP contribution in [0.1, 0.15) is 105 Å². The average Bonchev–Trinajstić information content (AvgIpc) is 2.48. The molecule has 0 unspecified atom stereocenters. The molecule has 0 N–H and O–H groups in total. The second-order valence-corrected chi connectivity index (χ2v) is 19.0.